The number of benzene rings is 2. The van der Waals surface area contributed by atoms with Gasteiger partial charge in [0, 0.05) is 17.6 Å². The molecule has 0 unspecified atom stereocenters. The molecule has 0 saturated heterocycles. The molecular formula is C23H23N3OS. The van der Waals surface area contributed by atoms with Gasteiger partial charge in [-0.05, 0) is 50.1 Å². The van der Waals surface area contributed by atoms with Crippen LogP contribution >= 0.6 is 11.8 Å². The molecule has 0 spiro atoms. The Morgan fingerprint density at radius 3 is 2.57 bits per heavy atom. The number of nitrogens with zero attached hydrogens (tertiary/aromatic N) is 3. The van der Waals surface area contributed by atoms with Crippen LogP contribution in [-0.4, -0.2) is 23.2 Å². The van der Waals surface area contributed by atoms with Crippen molar-refractivity contribution in [1.29, 1.82) is 5.26 Å². The number of thioether (sulfide) groups is 1. The SMILES string of the molecule is Cc1ccc(N(CCC#N)C(=O)CSc2cc(C)c3cccc(C)c3n2)cc1. The first-order valence-corrected chi connectivity index (χ1v) is 10.2. The molecule has 1 heterocycles. The number of pyridine rings is 1. The molecule has 0 aliphatic carbocycles. The number of carbonyl (C=O) groups is 1. The van der Waals surface area contributed by atoms with Gasteiger partial charge in [0.15, 0.2) is 0 Å². The van der Waals surface area contributed by atoms with Crippen LogP contribution in [0.1, 0.15) is 23.1 Å². The topological polar surface area (TPSA) is 57.0 Å². The molecule has 2 aromatic carbocycles. The van der Waals surface area contributed by atoms with E-state index in [9.17, 15) is 4.79 Å². The van der Waals surface area contributed by atoms with Crippen LogP contribution in [0.25, 0.3) is 10.9 Å². The average molecular weight is 390 g/mol. The Morgan fingerprint density at radius 2 is 1.86 bits per heavy atom. The van der Waals surface area contributed by atoms with Gasteiger partial charge in [0.05, 0.1) is 28.8 Å². The Hall–Kier alpha value is -2.84. The van der Waals surface area contributed by atoms with E-state index in [0.29, 0.717) is 13.0 Å². The maximum atomic E-state index is 12.9. The Morgan fingerprint density at radius 1 is 1.11 bits per heavy atom. The highest BCUT2D eigenvalue weighted by atomic mass is 32.2. The maximum Gasteiger partial charge on any atom is 0.237 e. The van der Waals surface area contributed by atoms with Crippen molar-refractivity contribution in [1.82, 2.24) is 4.98 Å². The fraction of sp³-hybridized carbons (Fsp3) is 0.261. The molecule has 3 aromatic rings. The summed E-state index contributed by atoms with van der Waals surface area (Å²) in [5, 5.41) is 10.9. The maximum absolute atomic E-state index is 12.9. The van der Waals surface area contributed by atoms with Crippen molar-refractivity contribution in [2.24, 2.45) is 0 Å². The Kier molecular flexibility index (Phi) is 6.33. The molecule has 0 aliphatic heterocycles. The molecule has 4 nitrogen and oxygen atoms in total. The van der Waals surface area contributed by atoms with E-state index in [1.54, 1.807) is 4.90 Å². The van der Waals surface area contributed by atoms with Gasteiger partial charge in [-0.25, -0.2) is 4.98 Å². The second kappa shape index (κ2) is 8.90. The van der Waals surface area contributed by atoms with Crippen LogP contribution < -0.4 is 4.90 Å². The van der Waals surface area contributed by atoms with Crippen LogP contribution in [0.3, 0.4) is 0 Å². The number of amides is 1. The minimum absolute atomic E-state index is 0.0200. The van der Waals surface area contributed by atoms with Crippen molar-refractivity contribution in [2.75, 3.05) is 17.2 Å². The molecule has 0 radical (unpaired) electrons. The number of para-hydroxylation sites is 1. The van der Waals surface area contributed by atoms with Gasteiger partial charge in [-0.1, -0.05) is 47.7 Å². The summed E-state index contributed by atoms with van der Waals surface area (Å²) in [6.45, 7) is 6.52. The quantitative estimate of drug-likeness (QED) is 0.544. The number of carbonyl (C=O) groups excluding carboxylic acids is 1. The minimum atomic E-state index is -0.0200. The lowest BCUT2D eigenvalue weighted by molar-refractivity contribution is -0.116. The van der Waals surface area contributed by atoms with Gasteiger partial charge in [0.25, 0.3) is 0 Å². The van der Waals surface area contributed by atoms with Crippen molar-refractivity contribution >= 4 is 34.3 Å². The number of hydrogen-bond acceptors (Lipinski definition) is 4. The summed E-state index contributed by atoms with van der Waals surface area (Å²) < 4.78 is 0. The Labute approximate surface area is 170 Å². The zero-order valence-corrected chi connectivity index (χ0v) is 17.2. The smallest absolute Gasteiger partial charge is 0.237 e. The lowest BCUT2D eigenvalue weighted by Gasteiger charge is -2.22. The zero-order chi connectivity index (χ0) is 20.1. The molecule has 28 heavy (non-hydrogen) atoms. The van der Waals surface area contributed by atoms with E-state index in [-0.39, 0.29) is 11.7 Å². The van der Waals surface area contributed by atoms with Crippen LogP contribution in [0, 0.1) is 32.1 Å². The Bertz CT molecular complexity index is 1040. The summed E-state index contributed by atoms with van der Waals surface area (Å²) in [6.07, 6.45) is 0.302. The molecule has 0 atom stereocenters. The molecule has 5 heteroatoms. The zero-order valence-electron chi connectivity index (χ0n) is 16.4. The van der Waals surface area contributed by atoms with E-state index in [4.69, 9.17) is 10.2 Å². The number of rotatable bonds is 6. The fourth-order valence-corrected chi connectivity index (χ4v) is 3.95. The average Bonchev–Trinajstić information content (AvgIpc) is 2.69. The van der Waals surface area contributed by atoms with Crippen LogP contribution in [-0.2, 0) is 4.79 Å². The normalized spacial score (nSPS) is 10.6. The summed E-state index contributed by atoms with van der Waals surface area (Å²) in [5.74, 6) is 0.261. The van der Waals surface area contributed by atoms with E-state index in [1.807, 2.05) is 43.3 Å². The first-order valence-electron chi connectivity index (χ1n) is 9.23. The second-order valence-electron chi connectivity index (χ2n) is 6.83. The molecule has 0 bridgehead atoms. The molecule has 0 saturated carbocycles. The minimum Gasteiger partial charge on any atom is -0.311 e. The number of aromatic nitrogens is 1. The van der Waals surface area contributed by atoms with Gasteiger partial charge in [0.2, 0.25) is 5.91 Å². The molecular weight excluding hydrogens is 366 g/mol. The highest BCUT2D eigenvalue weighted by Crippen LogP contribution is 2.26. The molecule has 142 valence electrons. The predicted octanol–water partition coefficient (Wildman–Crippen LogP) is 5.20. The van der Waals surface area contributed by atoms with Crippen LogP contribution in [0.15, 0.2) is 53.6 Å². The first-order chi connectivity index (χ1) is 13.5. The summed E-state index contributed by atoms with van der Waals surface area (Å²) in [5.41, 5.74) is 5.23. The number of hydrogen-bond donors (Lipinski definition) is 0. The van der Waals surface area contributed by atoms with E-state index in [0.717, 1.165) is 38.3 Å². The van der Waals surface area contributed by atoms with Crippen molar-refractivity contribution in [3.05, 3.63) is 65.2 Å². The number of aryl methyl sites for hydroxylation is 3. The third kappa shape index (κ3) is 4.52. The van der Waals surface area contributed by atoms with Crippen LogP contribution in [0.2, 0.25) is 0 Å². The van der Waals surface area contributed by atoms with Gasteiger partial charge < -0.3 is 4.90 Å². The van der Waals surface area contributed by atoms with Gasteiger partial charge in [-0.2, -0.15) is 5.26 Å². The largest absolute Gasteiger partial charge is 0.311 e. The standard InChI is InChI=1S/C23H23N3OS/c1-16-8-10-19(11-9-16)26(13-5-12-24)22(27)15-28-21-14-18(3)20-7-4-6-17(2)23(20)25-21/h4,6-11,14H,5,13,15H2,1-3H3. The lowest BCUT2D eigenvalue weighted by Crippen LogP contribution is -2.33. The number of fused-ring (bicyclic) bond motifs is 1. The van der Waals surface area contributed by atoms with Gasteiger partial charge >= 0.3 is 0 Å². The fourth-order valence-electron chi connectivity index (χ4n) is 3.10. The van der Waals surface area contributed by atoms with Gasteiger partial charge in [-0.3, -0.25) is 4.79 Å². The van der Waals surface area contributed by atoms with E-state index in [2.05, 4.69) is 32.0 Å². The van der Waals surface area contributed by atoms with E-state index in [1.165, 1.54) is 11.8 Å². The predicted molar refractivity (Wildman–Crippen MR) is 116 cm³/mol. The van der Waals surface area contributed by atoms with Crippen molar-refractivity contribution in [3.63, 3.8) is 0 Å². The second-order valence-corrected chi connectivity index (χ2v) is 7.82. The monoisotopic (exact) mass is 389 g/mol. The molecule has 1 amide bonds. The third-order valence-corrected chi connectivity index (χ3v) is 5.56. The van der Waals surface area contributed by atoms with Crippen molar-refractivity contribution in [2.45, 2.75) is 32.2 Å². The van der Waals surface area contributed by atoms with Gasteiger partial charge in [-0.15, -0.1) is 0 Å². The summed E-state index contributed by atoms with van der Waals surface area (Å²) >= 11 is 1.44. The first kappa shape index (κ1) is 19.9. The highest BCUT2D eigenvalue weighted by molar-refractivity contribution is 7.99. The number of anilines is 1. The lowest BCUT2D eigenvalue weighted by atomic mass is 10.1. The molecule has 0 fully saturated rings. The molecule has 1 aromatic heterocycles. The van der Waals surface area contributed by atoms with Crippen molar-refractivity contribution < 1.29 is 4.79 Å². The third-order valence-electron chi connectivity index (χ3n) is 4.66. The van der Waals surface area contributed by atoms with Crippen molar-refractivity contribution in [3.8, 4) is 6.07 Å². The summed E-state index contributed by atoms with van der Waals surface area (Å²) in [7, 11) is 0. The van der Waals surface area contributed by atoms with Crippen LogP contribution in [0.4, 0.5) is 5.69 Å². The Balaban J connectivity index is 1.79. The molecule has 3 rings (SSSR count). The highest BCUT2D eigenvalue weighted by Gasteiger charge is 2.16. The number of nitriles is 1. The van der Waals surface area contributed by atoms with Crippen LogP contribution in [0.5, 0.6) is 0 Å². The van der Waals surface area contributed by atoms with E-state index >= 15 is 0 Å². The summed E-state index contributed by atoms with van der Waals surface area (Å²) in [6, 6.07) is 18.1. The summed E-state index contributed by atoms with van der Waals surface area (Å²) in [4.78, 5) is 19.3. The molecule has 0 aliphatic rings. The van der Waals surface area contributed by atoms with Gasteiger partial charge in [0.1, 0.15) is 0 Å². The van der Waals surface area contributed by atoms with E-state index < -0.39 is 0 Å². The molecule has 0 N–H and O–H groups in total.